The van der Waals surface area contributed by atoms with Crippen LogP contribution in [0.2, 0.25) is 0 Å². The highest BCUT2D eigenvalue weighted by molar-refractivity contribution is 5.67. The maximum Gasteiger partial charge on any atom is 0.408 e. The van der Waals surface area contributed by atoms with Crippen LogP contribution in [0.25, 0.3) is 11.4 Å². The first-order valence-corrected chi connectivity index (χ1v) is 6.79. The number of benzene rings is 1. The lowest BCUT2D eigenvalue weighted by Gasteiger charge is -2.19. The van der Waals surface area contributed by atoms with E-state index in [9.17, 15) is 14.9 Å². The quantitative estimate of drug-likeness (QED) is 0.679. The molecule has 0 saturated heterocycles. The molecule has 2 aromatic rings. The van der Waals surface area contributed by atoms with Crippen LogP contribution in [0.4, 0.5) is 10.5 Å². The predicted molar refractivity (Wildman–Crippen MR) is 79.5 cm³/mol. The fourth-order valence-corrected chi connectivity index (χ4v) is 1.66. The van der Waals surface area contributed by atoms with Gasteiger partial charge in [-0.05, 0) is 20.8 Å². The summed E-state index contributed by atoms with van der Waals surface area (Å²) in [5, 5.41) is 17.0. The molecule has 0 fully saturated rings. The lowest BCUT2D eigenvalue weighted by Crippen LogP contribution is -2.32. The maximum absolute atomic E-state index is 11.5. The number of amides is 1. The molecule has 1 N–H and O–H groups in total. The highest BCUT2D eigenvalue weighted by Gasteiger charge is 2.17. The van der Waals surface area contributed by atoms with Crippen molar-refractivity contribution in [2.75, 3.05) is 0 Å². The van der Waals surface area contributed by atoms with Gasteiger partial charge in [0, 0.05) is 17.7 Å². The Hall–Kier alpha value is -2.97. The molecule has 0 aliphatic carbocycles. The summed E-state index contributed by atoms with van der Waals surface area (Å²) in [4.78, 5) is 25.9. The van der Waals surface area contributed by atoms with Gasteiger partial charge in [0.1, 0.15) is 12.1 Å². The van der Waals surface area contributed by atoms with Crippen LogP contribution in [0.5, 0.6) is 0 Å². The molecule has 23 heavy (non-hydrogen) atoms. The van der Waals surface area contributed by atoms with Crippen molar-refractivity contribution in [3.05, 3.63) is 40.3 Å². The first kappa shape index (κ1) is 16.4. The minimum Gasteiger partial charge on any atom is -0.444 e. The van der Waals surface area contributed by atoms with E-state index in [1.54, 1.807) is 26.8 Å². The van der Waals surface area contributed by atoms with Crippen molar-refractivity contribution < 1.29 is 19.0 Å². The van der Waals surface area contributed by atoms with Gasteiger partial charge < -0.3 is 14.6 Å². The van der Waals surface area contributed by atoms with Gasteiger partial charge >= 0.3 is 6.09 Å². The Kier molecular flexibility index (Phi) is 4.58. The number of nitro benzene ring substituents is 1. The highest BCUT2D eigenvalue weighted by atomic mass is 16.6. The molecule has 0 bridgehead atoms. The number of hydrogen-bond donors (Lipinski definition) is 1. The van der Waals surface area contributed by atoms with Crippen molar-refractivity contribution in [3.8, 4) is 11.4 Å². The van der Waals surface area contributed by atoms with Crippen LogP contribution in [-0.2, 0) is 11.3 Å². The summed E-state index contributed by atoms with van der Waals surface area (Å²) in [6, 6.07) is 5.87. The third-order valence-corrected chi connectivity index (χ3v) is 2.57. The van der Waals surface area contributed by atoms with Gasteiger partial charge in [-0.15, -0.1) is 0 Å². The third-order valence-electron chi connectivity index (χ3n) is 2.57. The van der Waals surface area contributed by atoms with Crippen molar-refractivity contribution >= 4 is 11.8 Å². The van der Waals surface area contributed by atoms with Crippen molar-refractivity contribution in [1.82, 2.24) is 15.5 Å². The molecule has 0 aliphatic heterocycles. The lowest BCUT2D eigenvalue weighted by molar-refractivity contribution is -0.384. The number of nitrogens with one attached hydrogen (secondary N) is 1. The van der Waals surface area contributed by atoms with Crippen LogP contribution >= 0.6 is 0 Å². The average Bonchev–Trinajstić information content (AvgIpc) is 2.92. The number of carbonyl (C=O) groups is 1. The number of nitro groups is 1. The predicted octanol–water partition coefficient (Wildman–Crippen LogP) is 2.67. The number of aromatic nitrogens is 2. The minimum absolute atomic E-state index is 0.00313. The van der Waals surface area contributed by atoms with E-state index < -0.39 is 16.6 Å². The SMILES string of the molecule is CC(C)(C)OC(=O)NCc1nc(-c2cccc([N+](=O)[O-])c2)no1. The molecule has 1 aromatic heterocycles. The van der Waals surface area contributed by atoms with E-state index in [-0.39, 0.29) is 23.9 Å². The molecule has 1 heterocycles. The first-order valence-electron chi connectivity index (χ1n) is 6.79. The summed E-state index contributed by atoms with van der Waals surface area (Å²) in [6.45, 7) is 5.25. The lowest BCUT2D eigenvalue weighted by atomic mass is 10.2. The summed E-state index contributed by atoms with van der Waals surface area (Å²) >= 11 is 0. The number of alkyl carbamates (subject to hydrolysis) is 1. The average molecular weight is 320 g/mol. The van der Waals surface area contributed by atoms with E-state index in [1.165, 1.54) is 18.2 Å². The third kappa shape index (κ3) is 4.77. The molecule has 1 amide bonds. The number of rotatable bonds is 4. The summed E-state index contributed by atoms with van der Waals surface area (Å²) in [5.74, 6) is 0.368. The highest BCUT2D eigenvalue weighted by Crippen LogP contribution is 2.21. The number of carbonyl (C=O) groups excluding carboxylic acids is 1. The Morgan fingerprint density at radius 2 is 2.17 bits per heavy atom. The second-order valence-corrected chi connectivity index (χ2v) is 5.67. The molecule has 0 aliphatic rings. The van der Waals surface area contributed by atoms with E-state index >= 15 is 0 Å². The molecular weight excluding hydrogens is 304 g/mol. The van der Waals surface area contributed by atoms with Crippen molar-refractivity contribution in [1.29, 1.82) is 0 Å². The fourth-order valence-electron chi connectivity index (χ4n) is 1.66. The zero-order valence-corrected chi connectivity index (χ0v) is 12.9. The minimum atomic E-state index is -0.604. The molecule has 2 rings (SSSR count). The van der Waals surface area contributed by atoms with E-state index in [0.29, 0.717) is 5.56 Å². The zero-order chi connectivity index (χ0) is 17.0. The van der Waals surface area contributed by atoms with Gasteiger partial charge in [-0.2, -0.15) is 4.98 Å². The van der Waals surface area contributed by atoms with Crippen LogP contribution in [0, 0.1) is 10.1 Å². The van der Waals surface area contributed by atoms with Crippen molar-refractivity contribution in [2.24, 2.45) is 0 Å². The van der Waals surface area contributed by atoms with Crippen molar-refractivity contribution in [2.45, 2.75) is 32.9 Å². The fraction of sp³-hybridized carbons (Fsp3) is 0.357. The van der Waals surface area contributed by atoms with Gasteiger partial charge in [-0.3, -0.25) is 10.1 Å². The number of non-ortho nitro benzene ring substituents is 1. The summed E-state index contributed by atoms with van der Waals surface area (Å²) in [5.41, 5.74) is -0.222. The topological polar surface area (TPSA) is 120 Å². The van der Waals surface area contributed by atoms with Crippen LogP contribution in [-0.4, -0.2) is 26.8 Å². The van der Waals surface area contributed by atoms with Gasteiger partial charge in [-0.25, -0.2) is 4.79 Å². The summed E-state index contributed by atoms with van der Waals surface area (Å²) < 4.78 is 10.1. The second-order valence-electron chi connectivity index (χ2n) is 5.67. The van der Waals surface area contributed by atoms with E-state index in [1.807, 2.05) is 0 Å². The molecule has 9 heteroatoms. The molecule has 9 nitrogen and oxygen atoms in total. The van der Waals surface area contributed by atoms with Gasteiger partial charge in [0.25, 0.3) is 5.69 Å². The van der Waals surface area contributed by atoms with Crippen LogP contribution in [0.15, 0.2) is 28.8 Å². The number of nitrogens with zero attached hydrogens (tertiary/aromatic N) is 3. The monoisotopic (exact) mass is 320 g/mol. The maximum atomic E-state index is 11.5. The largest absolute Gasteiger partial charge is 0.444 e. The Morgan fingerprint density at radius 1 is 1.43 bits per heavy atom. The normalized spacial score (nSPS) is 11.1. The molecule has 0 atom stereocenters. The Balaban J connectivity index is 2.02. The Morgan fingerprint density at radius 3 is 2.83 bits per heavy atom. The smallest absolute Gasteiger partial charge is 0.408 e. The first-order chi connectivity index (χ1) is 10.7. The van der Waals surface area contributed by atoms with Crippen LogP contribution < -0.4 is 5.32 Å². The Bertz CT molecular complexity index is 720. The number of hydrogen-bond acceptors (Lipinski definition) is 7. The molecular formula is C14H16N4O5. The molecule has 1 aromatic carbocycles. The summed E-state index contributed by atoms with van der Waals surface area (Å²) in [6.07, 6.45) is -0.604. The number of ether oxygens (including phenoxy) is 1. The van der Waals surface area contributed by atoms with Crippen molar-refractivity contribution in [3.63, 3.8) is 0 Å². The van der Waals surface area contributed by atoms with E-state index in [2.05, 4.69) is 15.5 Å². The van der Waals surface area contributed by atoms with Crippen LogP contribution in [0.3, 0.4) is 0 Å². The van der Waals surface area contributed by atoms with Gasteiger partial charge in [0.05, 0.1) is 4.92 Å². The molecule has 0 unspecified atom stereocenters. The van der Waals surface area contributed by atoms with Gasteiger partial charge in [0.2, 0.25) is 11.7 Å². The van der Waals surface area contributed by atoms with E-state index in [4.69, 9.17) is 9.26 Å². The summed E-state index contributed by atoms with van der Waals surface area (Å²) in [7, 11) is 0. The molecule has 0 saturated carbocycles. The van der Waals surface area contributed by atoms with E-state index in [0.717, 1.165) is 0 Å². The van der Waals surface area contributed by atoms with Gasteiger partial charge in [0.15, 0.2) is 0 Å². The Labute approximate surface area is 131 Å². The molecule has 122 valence electrons. The molecule has 0 radical (unpaired) electrons. The van der Waals surface area contributed by atoms with Gasteiger partial charge in [-0.1, -0.05) is 17.3 Å². The molecule has 0 spiro atoms. The second kappa shape index (κ2) is 6.42. The van der Waals surface area contributed by atoms with Crippen LogP contribution in [0.1, 0.15) is 26.7 Å². The zero-order valence-electron chi connectivity index (χ0n) is 12.9. The standard InChI is InChI=1S/C14H16N4O5/c1-14(2,3)22-13(19)15-8-11-16-12(17-23-11)9-5-4-6-10(7-9)18(20)21/h4-7H,8H2,1-3H3,(H,15,19).